The minimum absolute atomic E-state index is 0.0829. The fourth-order valence-corrected chi connectivity index (χ4v) is 3.48. The van der Waals surface area contributed by atoms with E-state index in [9.17, 15) is 14.0 Å². The number of rotatable bonds is 5. The first-order valence-electron chi connectivity index (χ1n) is 10.3. The van der Waals surface area contributed by atoms with E-state index in [0.29, 0.717) is 25.1 Å². The van der Waals surface area contributed by atoms with Crippen LogP contribution in [0.25, 0.3) is 0 Å². The van der Waals surface area contributed by atoms with Gasteiger partial charge in [0, 0.05) is 24.9 Å². The molecule has 1 aromatic carbocycles. The van der Waals surface area contributed by atoms with Gasteiger partial charge in [0.2, 0.25) is 0 Å². The Labute approximate surface area is 181 Å². The van der Waals surface area contributed by atoms with Crippen molar-refractivity contribution in [3.8, 4) is 0 Å². The Bertz CT molecular complexity index is 930. The van der Waals surface area contributed by atoms with Gasteiger partial charge in [-0.2, -0.15) is 0 Å². The average Bonchev–Trinajstić information content (AvgIpc) is 2.69. The maximum absolute atomic E-state index is 14.9. The summed E-state index contributed by atoms with van der Waals surface area (Å²) in [5, 5.41) is 3.12. The molecular weight excluding hydrogens is 399 g/mol. The lowest BCUT2D eigenvalue weighted by atomic mass is 10.0. The minimum Gasteiger partial charge on any atom is -0.444 e. The third kappa shape index (κ3) is 6.16. The summed E-state index contributed by atoms with van der Waals surface area (Å²) in [6.07, 6.45) is 0.513. The Kier molecular flexibility index (Phi) is 6.77. The number of amides is 2. The maximum Gasteiger partial charge on any atom is 0.410 e. The summed E-state index contributed by atoms with van der Waals surface area (Å²) in [7, 11) is 0. The van der Waals surface area contributed by atoms with Gasteiger partial charge >= 0.3 is 6.09 Å². The number of nitrogens with two attached hydrogens (primary N) is 1. The molecule has 1 saturated heterocycles. The second-order valence-electron chi connectivity index (χ2n) is 8.73. The quantitative estimate of drug-likeness (QED) is 0.759. The number of aromatic nitrogens is 1. The molecule has 2 aromatic rings. The van der Waals surface area contributed by atoms with E-state index in [1.807, 2.05) is 30.3 Å². The molecule has 2 amide bonds. The van der Waals surface area contributed by atoms with Crippen molar-refractivity contribution in [1.82, 2.24) is 9.88 Å². The zero-order valence-electron chi connectivity index (χ0n) is 18.1. The molecule has 0 unspecified atom stereocenters. The van der Waals surface area contributed by atoms with E-state index in [1.165, 1.54) is 11.1 Å². The van der Waals surface area contributed by atoms with Crippen LogP contribution in [0.2, 0.25) is 0 Å². The molecule has 0 bridgehead atoms. The first-order chi connectivity index (χ1) is 14.6. The molecule has 1 aromatic heterocycles. The van der Waals surface area contributed by atoms with Gasteiger partial charge in [-0.1, -0.05) is 30.3 Å². The topological polar surface area (TPSA) is 97.6 Å². The van der Waals surface area contributed by atoms with E-state index >= 15 is 0 Å². The van der Waals surface area contributed by atoms with Gasteiger partial charge < -0.3 is 20.7 Å². The fraction of sp³-hybridized carbons (Fsp3) is 0.435. The van der Waals surface area contributed by atoms with Gasteiger partial charge in [0.15, 0.2) is 0 Å². The number of likely N-dealkylation sites (tertiary alicyclic amines) is 1. The second kappa shape index (κ2) is 9.32. The standard InChI is InChI=1S/C23H29FN4O3/c1-23(2,3)31-22(30)28-10-9-19(18(24)14-28)27-20-12-16(26-13-17(20)21(25)29)11-15-7-5-4-6-8-15/h4-8,12-13,18-19H,9-11,14H2,1-3H3,(H2,25,29)(H,26,27)/t18-,19+/m0/s1. The van der Waals surface area contributed by atoms with E-state index in [1.54, 1.807) is 26.8 Å². The van der Waals surface area contributed by atoms with Crippen molar-refractivity contribution in [2.75, 3.05) is 18.4 Å². The smallest absolute Gasteiger partial charge is 0.410 e. The molecule has 0 aliphatic carbocycles. The summed E-state index contributed by atoms with van der Waals surface area (Å²) in [5.74, 6) is -0.636. The maximum atomic E-state index is 14.9. The van der Waals surface area contributed by atoms with E-state index in [0.717, 1.165) is 11.3 Å². The molecule has 1 fully saturated rings. The van der Waals surface area contributed by atoms with Crippen molar-refractivity contribution in [2.45, 2.75) is 51.4 Å². The van der Waals surface area contributed by atoms with Crippen LogP contribution < -0.4 is 11.1 Å². The van der Waals surface area contributed by atoms with Crippen LogP contribution in [0.1, 0.15) is 48.8 Å². The van der Waals surface area contributed by atoms with Gasteiger partial charge in [-0.3, -0.25) is 9.78 Å². The van der Waals surface area contributed by atoms with Crippen LogP contribution in [0.5, 0.6) is 0 Å². The molecule has 1 aliphatic rings. The molecule has 2 atom stereocenters. The highest BCUT2D eigenvalue weighted by atomic mass is 19.1. The average molecular weight is 429 g/mol. The van der Waals surface area contributed by atoms with Crippen molar-refractivity contribution in [3.63, 3.8) is 0 Å². The number of hydrogen-bond acceptors (Lipinski definition) is 5. The SMILES string of the molecule is CC(C)(C)OC(=O)N1CC[C@@H](Nc2cc(Cc3ccccc3)ncc2C(N)=O)[C@@H](F)C1. The first-order valence-corrected chi connectivity index (χ1v) is 10.3. The van der Waals surface area contributed by atoms with Crippen molar-refractivity contribution in [2.24, 2.45) is 5.73 Å². The Hall–Kier alpha value is -3.16. The molecule has 31 heavy (non-hydrogen) atoms. The van der Waals surface area contributed by atoms with Gasteiger partial charge in [-0.15, -0.1) is 0 Å². The number of carbonyl (C=O) groups excluding carboxylic acids is 2. The molecule has 8 heteroatoms. The van der Waals surface area contributed by atoms with Crippen LogP contribution in [0.15, 0.2) is 42.6 Å². The summed E-state index contributed by atoms with van der Waals surface area (Å²) in [6.45, 7) is 5.58. The highest BCUT2D eigenvalue weighted by Gasteiger charge is 2.34. The number of ether oxygens (including phenoxy) is 1. The lowest BCUT2D eigenvalue weighted by Gasteiger charge is -2.36. The van der Waals surface area contributed by atoms with Crippen molar-refractivity contribution >= 4 is 17.7 Å². The number of alkyl halides is 1. The number of hydrogen-bond donors (Lipinski definition) is 2. The highest BCUT2D eigenvalue weighted by molar-refractivity contribution is 5.98. The summed E-state index contributed by atoms with van der Waals surface area (Å²) in [6, 6.07) is 11.0. The predicted molar refractivity (Wildman–Crippen MR) is 117 cm³/mol. The van der Waals surface area contributed by atoms with Crippen LogP contribution >= 0.6 is 0 Å². The minimum atomic E-state index is -1.33. The van der Waals surface area contributed by atoms with Crippen LogP contribution in [-0.4, -0.2) is 52.8 Å². The van der Waals surface area contributed by atoms with Crippen LogP contribution in [-0.2, 0) is 11.2 Å². The number of pyridine rings is 1. The van der Waals surface area contributed by atoms with Gasteiger partial charge in [-0.25, -0.2) is 9.18 Å². The fourth-order valence-electron chi connectivity index (χ4n) is 3.48. The summed E-state index contributed by atoms with van der Waals surface area (Å²) in [5.41, 5.74) is 7.32. The van der Waals surface area contributed by atoms with E-state index in [4.69, 9.17) is 10.5 Å². The molecule has 2 heterocycles. The number of anilines is 1. The predicted octanol–water partition coefficient (Wildman–Crippen LogP) is 3.53. The summed E-state index contributed by atoms with van der Waals surface area (Å²) >= 11 is 0. The van der Waals surface area contributed by atoms with Gasteiger partial charge in [-0.05, 0) is 38.8 Å². The molecule has 7 nitrogen and oxygen atoms in total. The van der Waals surface area contributed by atoms with Crippen molar-refractivity contribution in [1.29, 1.82) is 0 Å². The Balaban J connectivity index is 1.71. The number of piperidine rings is 1. The monoisotopic (exact) mass is 428 g/mol. The van der Waals surface area contributed by atoms with Crippen LogP contribution in [0.3, 0.4) is 0 Å². The normalized spacial score (nSPS) is 19.0. The number of nitrogens with zero attached hydrogens (tertiary/aromatic N) is 2. The lowest BCUT2D eigenvalue weighted by Crippen LogP contribution is -2.51. The summed E-state index contributed by atoms with van der Waals surface area (Å²) in [4.78, 5) is 29.8. The zero-order chi connectivity index (χ0) is 22.6. The number of primary amides is 1. The van der Waals surface area contributed by atoms with Gasteiger partial charge in [0.05, 0.1) is 23.8 Å². The third-order valence-corrected chi connectivity index (χ3v) is 4.99. The van der Waals surface area contributed by atoms with E-state index in [-0.39, 0.29) is 12.1 Å². The highest BCUT2D eigenvalue weighted by Crippen LogP contribution is 2.24. The molecule has 3 N–H and O–H groups in total. The Morgan fingerprint density at radius 2 is 2.00 bits per heavy atom. The Morgan fingerprint density at radius 1 is 1.29 bits per heavy atom. The molecule has 0 saturated carbocycles. The molecule has 0 spiro atoms. The second-order valence-corrected chi connectivity index (χ2v) is 8.73. The van der Waals surface area contributed by atoms with Crippen LogP contribution in [0.4, 0.5) is 14.9 Å². The summed E-state index contributed by atoms with van der Waals surface area (Å²) < 4.78 is 20.2. The van der Waals surface area contributed by atoms with Gasteiger partial charge in [0.1, 0.15) is 11.8 Å². The molecule has 166 valence electrons. The number of benzene rings is 1. The number of nitrogens with one attached hydrogen (secondary N) is 1. The molecule has 3 rings (SSSR count). The number of halogens is 1. The zero-order valence-corrected chi connectivity index (χ0v) is 18.1. The first kappa shape index (κ1) is 22.5. The molecular formula is C23H29FN4O3. The lowest BCUT2D eigenvalue weighted by molar-refractivity contribution is 0.0125. The van der Waals surface area contributed by atoms with Gasteiger partial charge in [0.25, 0.3) is 5.91 Å². The Morgan fingerprint density at radius 3 is 2.61 bits per heavy atom. The van der Waals surface area contributed by atoms with E-state index < -0.39 is 29.8 Å². The number of carbonyl (C=O) groups is 2. The van der Waals surface area contributed by atoms with Crippen molar-refractivity contribution < 1.29 is 18.7 Å². The molecule has 1 aliphatic heterocycles. The molecule has 0 radical (unpaired) electrons. The third-order valence-electron chi connectivity index (χ3n) is 4.99. The van der Waals surface area contributed by atoms with Crippen LogP contribution in [0, 0.1) is 0 Å². The largest absolute Gasteiger partial charge is 0.444 e. The van der Waals surface area contributed by atoms with E-state index in [2.05, 4.69) is 10.3 Å². The van der Waals surface area contributed by atoms with Crippen molar-refractivity contribution in [3.05, 3.63) is 59.4 Å².